The highest BCUT2D eigenvalue weighted by atomic mass is 16.5. The number of nitrogens with one attached hydrogen (secondary N) is 1. The Labute approximate surface area is 128 Å². The Morgan fingerprint density at radius 3 is 2.64 bits per heavy atom. The summed E-state index contributed by atoms with van der Waals surface area (Å²) in [4.78, 5) is 23.6. The molecule has 0 spiro atoms. The van der Waals surface area contributed by atoms with Crippen molar-refractivity contribution in [3.8, 4) is 5.75 Å². The molecule has 0 saturated heterocycles. The van der Waals surface area contributed by atoms with E-state index in [-0.39, 0.29) is 11.7 Å². The monoisotopic (exact) mass is 304 g/mol. The summed E-state index contributed by atoms with van der Waals surface area (Å²) < 4.78 is 10.6. The summed E-state index contributed by atoms with van der Waals surface area (Å²) >= 11 is 0. The van der Waals surface area contributed by atoms with Gasteiger partial charge in [-0.25, -0.2) is 0 Å². The minimum atomic E-state index is -0.713. The van der Waals surface area contributed by atoms with Crippen LogP contribution in [0.5, 0.6) is 5.75 Å². The van der Waals surface area contributed by atoms with Crippen molar-refractivity contribution in [3.63, 3.8) is 0 Å². The molecule has 1 unspecified atom stereocenters. The van der Waals surface area contributed by atoms with E-state index >= 15 is 0 Å². The lowest BCUT2D eigenvalue weighted by molar-refractivity contribution is -0.120. The first-order valence-electron chi connectivity index (χ1n) is 7.08. The fraction of sp³-hybridized carbons (Fsp3) is 0.375. The number of furan rings is 1. The lowest BCUT2D eigenvalue weighted by Gasteiger charge is -2.16. The second kappa shape index (κ2) is 6.51. The summed E-state index contributed by atoms with van der Waals surface area (Å²) in [5.41, 5.74) is 5.90. The normalized spacial score (nSPS) is 12.4. The highest BCUT2D eigenvalue weighted by Gasteiger charge is 2.22. The summed E-state index contributed by atoms with van der Waals surface area (Å²) in [6, 6.07) is 6.15. The number of fused-ring (bicyclic) bond motifs is 1. The van der Waals surface area contributed by atoms with Crippen LogP contribution in [0.3, 0.4) is 0 Å². The van der Waals surface area contributed by atoms with Crippen LogP contribution in [-0.2, 0) is 4.79 Å². The highest BCUT2D eigenvalue weighted by molar-refractivity contribution is 5.98. The molecular weight excluding hydrogens is 284 g/mol. The van der Waals surface area contributed by atoms with Gasteiger partial charge < -0.3 is 20.2 Å². The first-order chi connectivity index (χ1) is 10.4. The maximum atomic E-state index is 12.2. The van der Waals surface area contributed by atoms with Crippen molar-refractivity contribution in [2.45, 2.75) is 26.3 Å². The Kier molecular flexibility index (Phi) is 4.70. The van der Waals surface area contributed by atoms with Crippen LogP contribution < -0.4 is 15.8 Å². The van der Waals surface area contributed by atoms with Crippen molar-refractivity contribution in [2.24, 2.45) is 11.7 Å². The molecule has 0 aliphatic rings. The van der Waals surface area contributed by atoms with Gasteiger partial charge in [-0.1, -0.05) is 13.8 Å². The third-order valence-corrected chi connectivity index (χ3v) is 3.30. The Morgan fingerprint density at radius 1 is 1.32 bits per heavy atom. The molecule has 0 radical (unpaired) electrons. The molecule has 1 aromatic heterocycles. The largest absolute Gasteiger partial charge is 0.497 e. The van der Waals surface area contributed by atoms with Gasteiger partial charge in [0.15, 0.2) is 5.76 Å². The van der Waals surface area contributed by atoms with Gasteiger partial charge in [0.25, 0.3) is 5.91 Å². The number of benzene rings is 1. The van der Waals surface area contributed by atoms with E-state index in [4.69, 9.17) is 14.9 Å². The molecule has 0 aliphatic carbocycles. The van der Waals surface area contributed by atoms with Crippen LogP contribution in [0, 0.1) is 5.92 Å². The van der Waals surface area contributed by atoms with Crippen molar-refractivity contribution in [3.05, 3.63) is 30.0 Å². The first kappa shape index (κ1) is 15.9. The zero-order chi connectivity index (χ0) is 16.3. The Balaban J connectivity index is 2.19. The smallest absolute Gasteiger partial charge is 0.287 e. The van der Waals surface area contributed by atoms with Gasteiger partial charge in [-0.3, -0.25) is 9.59 Å². The molecule has 2 rings (SSSR count). The van der Waals surface area contributed by atoms with Gasteiger partial charge in [0.2, 0.25) is 5.91 Å². The topological polar surface area (TPSA) is 94.6 Å². The maximum Gasteiger partial charge on any atom is 0.287 e. The lowest BCUT2D eigenvalue weighted by Crippen LogP contribution is -2.45. The maximum absolute atomic E-state index is 12.2. The van der Waals surface area contributed by atoms with Crippen LogP contribution in [0.25, 0.3) is 11.0 Å². The fourth-order valence-corrected chi connectivity index (χ4v) is 2.21. The highest BCUT2D eigenvalue weighted by Crippen LogP contribution is 2.24. The molecule has 1 heterocycles. The molecule has 1 aromatic carbocycles. The van der Waals surface area contributed by atoms with E-state index in [1.54, 1.807) is 31.4 Å². The standard InChI is InChI=1S/C16H20N2O4/c1-9(2)6-12(15(17)19)18-16(20)14-8-10-7-11(21-3)4-5-13(10)22-14/h4-5,7-9,12H,6H2,1-3H3,(H2,17,19)(H,18,20). The molecular formula is C16H20N2O4. The zero-order valence-electron chi connectivity index (χ0n) is 12.9. The van der Waals surface area contributed by atoms with E-state index in [9.17, 15) is 9.59 Å². The Hall–Kier alpha value is -2.50. The zero-order valence-corrected chi connectivity index (χ0v) is 12.9. The van der Waals surface area contributed by atoms with Crippen molar-refractivity contribution in [1.82, 2.24) is 5.32 Å². The minimum Gasteiger partial charge on any atom is -0.497 e. The van der Waals surface area contributed by atoms with Crippen molar-refractivity contribution in [2.75, 3.05) is 7.11 Å². The summed E-state index contributed by atoms with van der Waals surface area (Å²) in [6.07, 6.45) is 0.481. The van der Waals surface area contributed by atoms with Gasteiger partial charge in [-0.15, -0.1) is 0 Å². The van der Waals surface area contributed by atoms with Gasteiger partial charge in [-0.2, -0.15) is 0 Å². The quantitative estimate of drug-likeness (QED) is 0.854. The molecule has 6 heteroatoms. The predicted molar refractivity (Wildman–Crippen MR) is 82.7 cm³/mol. The van der Waals surface area contributed by atoms with Crippen molar-refractivity contribution < 1.29 is 18.7 Å². The predicted octanol–water partition coefficient (Wildman–Crippen LogP) is 2.07. The van der Waals surface area contributed by atoms with Crippen LogP contribution in [0.2, 0.25) is 0 Å². The number of amides is 2. The van der Waals surface area contributed by atoms with Crippen LogP contribution in [0.4, 0.5) is 0 Å². The minimum absolute atomic E-state index is 0.137. The van der Waals surface area contributed by atoms with Gasteiger partial charge in [0.05, 0.1) is 7.11 Å². The number of carbonyl (C=O) groups is 2. The van der Waals surface area contributed by atoms with Crippen LogP contribution in [0.15, 0.2) is 28.7 Å². The summed E-state index contributed by atoms with van der Waals surface area (Å²) in [5, 5.41) is 3.37. The van der Waals surface area contributed by atoms with Crippen LogP contribution in [0.1, 0.15) is 30.8 Å². The summed E-state index contributed by atoms with van der Waals surface area (Å²) in [5.74, 6) is 0.0329. The van der Waals surface area contributed by atoms with E-state index in [0.29, 0.717) is 17.8 Å². The number of primary amides is 1. The third kappa shape index (κ3) is 3.58. The molecule has 2 aromatic rings. The second-order valence-corrected chi connectivity index (χ2v) is 5.57. The van der Waals surface area contributed by atoms with E-state index in [1.165, 1.54) is 0 Å². The van der Waals surface area contributed by atoms with Gasteiger partial charge in [-0.05, 0) is 36.6 Å². The molecule has 1 atom stereocenters. The van der Waals surface area contributed by atoms with Crippen LogP contribution in [-0.4, -0.2) is 25.0 Å². The summed E-state index contributed by atoms with van der Waals surface area (Å²) in [7, 11) is 1.57. The summed E-state index contributed by atoms with van der Waals surface area (Å²) in [6.45, 7) is 3.91. The molecule has 6 nitrogen and oxygen atoms in total. The number of hydrogen-bond donors (Lipinski definition) is 2. The number of nitrogens with two attached hydrogens (primary N) is 1. The lowest BCUT2D eigenvalue weighted by atomic mass is 10.0. The first-order valence-corrected chi connectivity index (χ1v) is 7.08. The fourth-order valence-electron chi connectivity index (χ4n) is 2.21. The van der Waals surface area contributed by atoms with Gasteiger partial charge in [0, 0.05) is 5.39 Å². The number of carbonyl (C=O) groups excluding carboxylic acids is 2. The van der Waals surface area contributed by atoms with Crippen molar-refractivity contribution in [1.29, 1.82) is 0 Å². The third-order valence-electron chi connectivity index (χ3n) is 3.30. The SMILES string of the molecule is COc1ccc2oc(C(=O)NC(CC(C)C)C(N)=O)cc2c1. The van der Waals surface area contributed by atoms with E-state index in [0.717, 1.165) is 5.39 Å². The van der Waals surface area contributed by atoms with E-state index in [1.807, 2.05) is 13.8 Å². The number of ether oxygens (including phenoxy) is 1. The molecule has 2 amide bonds. The molecule has 22 heavy (non-hydrogen) atoms. The van der Waals surface area contributed by atoms with Gasteiger partial charge in [0.1, 0.15) is 17.4 Å². The molecule has 0 saturated carbocycles. The van der Waals surface area contributed by atoms with E-state index < -0.39 is 17.9 Å². The molecule has 118 valence electrons. The Morgan fingerprint density at radius 2 is 2.05 bits per heavy atom. The van der Waals surface area contributed by atoms with Crippen molar-refractivity contribution >= 4 is 22.8 Å². The van der Waals surface area contributed by atoms with Gasteiger partial charge >= 0.3 is 0 Å². The van der Waals surface area contributed by atoms with Crippen LogP contribution >= 0.6 is 0 Å². The molecule has 0 bridgehead atoms. The molecule has 0 aliphatic heterocycles. The number of hydrogen-bond acceptors (Lipinski definition) is 4. The number of methoxy groups -OCH3 is 1. The second-order valence-electron chi connectivity index (χ2n) is 5.57. The average Bonchev–Trinajstić information content (AvgIpc) is 2.88. The Bertz CT molecular complexity index is 691. The average molecular weight is 304 g/mol. The molecule has 3 N–H and O–H groups in total. The molecule has 0 fully saturated rings. The number of rotatable bonds is 6. The van der Waals surface area contributed by atoms with E-state index in [2.05, 4.69) is 5.32 Å².